The molecule has 0 amide bonds. The number of hydrogen-bond donors (Lipinski definition) is 1. The van der Waals surface area contributed by atoms with E-state index in [9.17, 15) is 0 Å². The normalized spacial score (nSPS) is 21.8. The van der Waals surface area contributed by atoms with E-state index in [1.165, 1.54) is 31.4 Å². The zero-order valence-corrected chi connectivity index (χ0v) is 14.6. The predicted octanol–water partition coefficient (Wildman–Crippen LogP) is 2.82. The largest absolute Gasteiger partial charge is 0.367 e. The van der Waals surface area contributed by atoms with E-state index in [1.54, 1.807) is 0 Å². The highest BCUT2D eigenvalue weighted by atomic mass is 15.3. The Bertz CT molecular complexity index is 703. The molecule has 6 nitrogen and oxygen atoms in total. The van der Waals surface area contributed by atoms with Gasteiger partial charge in [-0.15, -0.1) is 0 Å². The fourth-order valence-electron chi connectivity index (χ4n) is 3.84. The van der Waals surface area contributed by atoms with E-state index >= 15 is 0 Å². The molecule has 2 fully saturated rings. The molecule has 0 unspecified atom stereocenters. The Morgan fingerprint density at radius 2 is 2.04 bits per heavy atom. The van der Waals surface area contributed by atoms with Crippen LogP contribution in [0.3, 0.4) is 0 Å². The van der Waals surface area contributed by atoms with Gasteiger partial charge in [-0.3, -0.25) is 9.58 Å². The summed E-state index contributed by atoms with van der Waals surface area (Å²) >= 11 is 0. The number of aromatic nitrogens is 4. The zero-order valence-electron chi connectivity index (χ0n) is 14.6. The van der Waals surface area contributed by atoms with E-state index in [-0.39, 0.29) is 0 Å². The minimum atomic E-state index is 0.394. The van der Waals surface area contributed by atoms with E-state index in [1.807, 2.05) is 24.9 Å². The molecule has 3 heterocycles. The monoisotopic (exact) mass is 326 g/mol. The van der Waals surface area contributed by atoms with Gasteiger partial charge < -0.3 is 5.32 Å². The number of nitrogens with zero attached hydrogens (tertiary/aromatic N) is 5. The standard InChI is InChI=1S/C18H26N6/c1-13-20-16(11-18(21-13)22-14-5-3-4-6-14)17-8-10-24(17)12-15-7-9-19-23(15)2/h7,9,11,14,17H,3-6,8,10,12H2,1-2H3,(H,20,21,22)/t17-/m1/s1. The molecule has 1 saturated carbocycles. The van der Waals surface area contributed by atoms with Gasteiger partial charge in [0.05, 0.1) is 17.4 Å². The van der Waals surface area contributed by atoms with Gasteiger partial charge in [-0.2, -0.15) is 5.10 Å². The van der Waals surface area contributed by atoms with Crippen LogP contribution in [-0.2, 0) is 13.6 Å². The maximum atomic E-state index is 4.72. The Labute approximate surface area is 143 Å². The lowest BCUT2D eigenvalue weighted by atomic mass is 9.98. The number of nitrogens with one attached hydrogen (secondary N) is 1. The highest BCUT2D eigenvalue weighted by Crippen LogP contribution is 2.34. The predicted molar refractivity (Wildman–Crippen MR) is 93.6 cm³/mol. The quantitative estimate of drug-likeness (QED) is 0.915. The summed E-state index contributed by atoms with van der Waals surface area (Å²) in [4.78, 5) is 11.8. The van der Waals surface area contributed by atoms with Gasteiger partial charge in [-0.1, -0.05) is 12.8 Å². The van der Waals surface area contributed by atoms with Crippen LogP contribution in [0, 0.1) is 6.92 Å². The van der Waals surface area contributed by atoms with Crippen molar-refractivity contribution < 1.29 is 0 Å². The zero-order chi connectivity index (χ0) is 16.5. The molecule has 1 atom stereocenters. The van der Waals surface area contributed by atoms with Gasteiger partial charge in [0, 0.05) is 38.4 Å². The van der Waals surface area contributed by atoms with Crippen molar-refractivity contribution in [3.8, 4) is 0 Å². The van der Waals surface area contributed by atoms with Crippen LogP contribution in [0.25, 0.3) is 0 Å². The molecule has 0 aromatic carbocycles. The van der Waals surface area contributed by atoms with Gasteiger partial charge in [0.25, 0.3) is 0 Å². The molecule has 1 saturated heterocycles. The van der Waals surface area contributed by atoms with Crippen LogP contribution in [0.4, 0.5) is 5.82 Å². The Morgan fingerprint density at radius 3 is 2.71 bits per heavy atom. The van der Waals surface area contributed by atoms with Gasteiger partial charge >= 0.3 is 0 Å². The maximum Gasteiger partial charge on any atom is 0.130 e. The van der Waals surface area contributed by atoms with Crippen LogP contribution in [0.5, 0.6) is 0 Å². The molecule has 2 aliphatic rings. The summed E-state index contributed by atoms with van der Waals surface area (Å²) in [6, 6.07) is 5.23. The summed E-state index contributed by atoms with van der Waals surface area (Å²) in [6.07, 6.45) is 8.20. The third-order valence-corrected chi connectivity index (χ3v) is 5.32. The van der Waals surface area contributed by atoms with Crippen molar-refractivity contribution >= 4 is 5.82 Å². The number of aryl methyl sites for hydroxylation is 2. The van der Waals surface area contributed by atoms with Crippen LogP contribution in [-0.4, -0.2) is 37.2 Å². The number of rotatable bonds is 5. The van der Waals surface area contributed by atoms with E-state index in [0.29, 0.717) is 12.1 Å². The van der Waals surface area contributed by atoms with E-state index in [4.69, 9.17) is 4.98 Å². The SMILES string of the molecule is Cc1nc(NC2CCCC2)cc([C@H]2CCN2Cc2ccnn2C)n1. The van der Waals surface area contributed by atoms with Crippen molar-refractivity contribution in [2.75, 3.05) is 11.9 Å². The third kappa shape index (κ3) is 3.15. The van der Waals surface area contributed by atoms with Crippen molar-refractivity contribution in [1.29, 1.82) is 0 Å². The first-order valence-electron chi connectivity index (χ1n) is 9.02. The molecule has 0 spiro atoms. The Balaban J connectivity index is 1.48. The van der Waals surface area contributed by atoms with Crippen LogP contribution >= 0.6 is 0 Å². The molecular formula is C18H26N6. The van der Waals surface area contributed by atoms with Crippen LogP contribution in [0.2, 0.25) is 0 Å². The summed E-state index contributed by atoms with van der Waals surface area (Å²) in [5.74, 6) is 1.86. The van der Waals surface area contributed by atoms with Gasteiger partial charge in [0.2, 0.25) is 0 Å². The Hall–Kier alpha value is -1.95. The van der Waals surface area contributed by atoms with Crippen molar-refractivity contribution in [2.45, 2.75) is 57.7 Å². The first-order valence-corrected chi connectivity index (χ1v) is 9.02. The van der Waals surface area contributed by atoms with Crippen LogP contribution < -0.4 is 5.32 Å². The molecule has 2 aromatic rings. The first-order chi connectivity index (χ1) is 11.7. The van der Waals surface area contributed by atoms with Gasteiger partial charge in [0.1, 0.15) is 11.6 Å². The molecule has 1 aliphatic carbocycles. The number of hydrogen-bond acceptors (Lipinski definition) is 5. The van der Waals surface area contributed by atoms with Crippen molar-refractivity contribution in [2.24, 2.45) is 7.05 Å². The number of anilines is 1. The van der Waals surface area contributed by atoms with Crippen molar-refractivity contribution in [1.82, 2.24) is 24.6 Å². The van der Waals surface area contributed by atoms with Gasteiger partial charge in [-0.05, 0) is 32.3 Å². The molecule has 128 valence electrons. The molecular weight excluding hydrogens is 300 g/mol. The second-order valence-electron chi connectivity index (χ2n) is 7.07. The fourth-order valence-corrected chi connectivity index (χ4v) is 3.84. The molecule has 0 bridgehead atoms. The van der Waals surface area contributed by atoms with E-state index in [0.717, 1.165) is 36.8 Å². The summed E-state index contributed by atoms with van der Waals surface area (Å²) in [5.41, 5.74) is 2.39. The second kappa shape index (κ2) is 6.51. The fraction of sp³-hybridized carbons (Fsp3) is 0.611. The van der Waals surface area contributed by atoms with E-state index in [2.05, 4.69) is 32.4 Å². The average molecular weight is 326 g/mol. The molecule has 24 heavy (non-hydrogen) atoms. The molecule has 6 heteroatoms. The van der Waals surface area contributed by atoms with E-state index < -0.39 is 0 Å². The molecule has 4 rings (SSSR count). The van der Waals surface area contributed by atoms with Crippen molar-refractivity contribution in [3.63, 3.8) is 0 Å². The van der Waals surface area contributed by atoms with Gasteiger partial charge in [-0.25, -0.2) is 9.97 Å². The lowest BCUT2D eigenvalue weighted by Gasteiger charge is -2.40. The highest BCUT2D eigenvalue weighted by Gasteiger charge is 2.31. The molecule has 0 radical (unpaired) electrons. The summed E-state index contributed by atoms with van der Waals surface area (Å²) < 4.78 is 1.95. The minimum absolute atomic E-state index is 0.394. The third-order valence-electron chi connectivity index (χ3n) is 5.32. The lowest BCUT2D eigenvalue weighted by molar-refractivity contribution is 0.0757. The molecule has 2 aromatic heterocycles. The number of likely N-dealkylation sites (tertiary alicyclic amines) is 1. The van der Waals surface area contributed by atoms with Crippen LogP contribution in [0.15, 0.2) is 18.3 Å². The van der Waals surface area contributed by atoms with Crippen molar-refractivity contribution in [3.05, 3.63) is 35.5 Å². The van der Waals surface area contributed by atoms with Gasteiger partial charge in [0.15, 0.2) is 0 Å². The maximum absolute atomic E-state index is 4.72. The highest BCUT2D eigenvalue weighted by molar-refractivity contribution is 5.38. The molecule has 1 aliphatic heterocycles. The Kier molecular flexibility index (Phi) is 4.22. The second-order valence-corrected chi connectivity index (χ2v) is 7.07. The minimum Gasteiger partial charge on any atom is -0.367 e. The van der Waals surface area contributed by atoms with Crippen LogP contribution in [0.1, 0.15) is 55.4 Å². The topological polar surface area (TPSA) is 58.9 Å². The Morgan fingerprint density at radius 1 is 1.21 bits per heavy atom. The average Bonchev–Trinajstić information content (AvgIpc) is 3.15. The summed E-state index contributed by atoms with van der Waals surface area (Å²) in [6.45, 7) is 4.04. The smallest absolute Gasteiger partial charge is 0.130 e. The lowest BCUT2D eigenvalue weighted by Crippen LogP contribution is -2.41. The molecule has 1 N–H and O–H groups in total. The summed E-state index contributed by atoms with van der Waals surface area (Å²) in [5, 5.41) is 7.88. The summed E-state index contributed by atoms with van der Waals surface area (Å²) in [7, 11) is 2.00. The first kappa shape index (κ1) is 15.6.